The fourth-order valence-electron chi connectivity index (χ4n) is 4.01. The van der Waals surface area contributed by atoms with E-state index >= 15 is 0 Å². The summed E-state index contributed by atoms with van der Waals surface area (Å²) in [6.07, 6.45) is 0.0902. The zero-order chi connectivity index (χ0) is 20.6. The molecule has 0 fully saturated rings. The first-order valence-corrected chi connectivity index (χ1v) is 8.68. The number of ether oxygens (including phenoxy) is 4. The monoisotopic (exact) mass is 392 g/mol. The molecular formula is C19H24N2O7. The molecule has 0 amide bonds. The van der Waals surface area contributed by atoms with Crippen molar-refractivity contribution in [3.63, 3.8) is 0 Å². The molecule has 0 saturated carbocycles. The second kappa shape index (κ2) is 7.23. The molecule has 3 unspecified atom stereocenters. The number of aromatic nitrogens is 2. The Bertz CT molecular complexity index is 944. The van der Waals surface area contributed by atoms with Crippen molar-refractivity contribution in [1.29, 1.82) is 0 Å². The normalized spacial score (nSPS) is 23.6. The Kier molecular flexibility index (Phi) is 5.12. The van der Waals surface area contributed by atoms with Gasteiger partial charge in [-0.2, -0.15) is 0 Å². The molecule has 9 heteroatoms. The standard InChI is InChI=1S/C19H24N2O7/c1-19(24)8-10-15(17(22)21-20-10)14(16(19)18(23)28-5)9-6-12(26-3)13(27-4)7-11(9)25-2/h6-7,14,16,24H,8H2,1-5H3,(H2,20,21,22). The lowest BCUT2D eigenvalue weighted by atomic mass is 9.66. The van der Waals surface area contributed by atoms with Gasteiger partial charge in [0, 0.05) is 35.2 Å². The Morgan fingerprint density at radius 2 is 1.68 bits per heavy atom. The van der Waals surface area contributed by atoms with Crippen LogP contribution in [0.15, 0.2) is 16.9 Å². The molecule has 0 radical (unpaired) electrons. The van der Waals surface area contributed by atoms with Crippen molar-refractivity contribution in [2.45, 2.75) is 24.9 Å². The predicted molar refractivity (Wildman–Crippen MR) is 99.2 cm³/mol. The number of carbonyl (C=O) groups excluding carboxylic acids is 1. The van der Waals surface area contributed by atoms with Crippen LogP contribution in [0, 0.1) is 5.92 Å². The van der Waals surface area contributed by atoms with Crippen LogP contribution in [0.5, 0.6) is 17.2 Å². The maximum absolute atomic E-state index is 12.7. The molecule has 0 aliphatic heterocycles. The molecule has 2 aromatic rings. The van der Waals surface area contributed by atoms with Crippen LogP contribution in [0.1, 0.15) is 29.7 Å². The van der Waals surface area contributed by atoms with Gasteiger partial charge in [0.25, 0.3) is 5.56 Å². The molecule has 0 spiro atoms. The molecular weight excluding hydrogens is 368 g/mol. The molecule has 1 aliphatic rings. The van der Waals surface area contributed by atoms with Crippen molar-refractivity contribution in [3.05, 3.63) is 39.3 Å². The van der Waals surface area contributed by atoms with Gasteiger partial charge in [-0.3, -0.25) is 14.7 Å². The molecule has 152 valence electrons. The first-order chi connectivity index (χ1) is 13.3. The van der Waals surface area contributed by atoms with E-state index in [0.29, 0.717) is 34.1 Å². The zero-order valence-electron chi connectivity index (χ0n) is 16.4. The van der Waals surface area contributed by atoms with Crippen molar-refractivity contribution in [2.75, 3.05) is 28.4 Å². The maximum atomic E-state index is 12.7. The van der Waals surface area contributed by atoms with Gasteiger partial charge in [-0.15, -0.1) is 0 Å². The van der Waals surface area contributed by atoms with Gasteiger partial charge in [0.2, 0.25) is 0 Å². The number of rotatable bonds is 5. The fraction of sp³-hybridized carbons (Fsp3) is 0.474. The van der Waals surface area contributed by atoms with E-state index in [-0.39, 0.29) is 12.0 Å². The number of methoxy groups -OCH3 is 4. The second-order valence-electron chi connectivity index (χ2n) is 6.93. The third kappa shape index (κ3) is 3.01. The predicted octanol–water partition coefficient (Wildman–Crippen LogP) is 0.957. The van der Waals surface area contributed by atoms with Gasteiger partial charge in [-0.25, -0.2) is 0 Å². The molecule has 3 atom stereocenters. The molecule has 1 aromatic heterocycles. The van der Waals surface area contributed by atoms with E-state index in [1.165, 1.54) is 28.4 Å². The third-order valence-corrected chi connectivity index (χ3v) is 5.27. The summed E-state index contributed by atoms with van der Waals surface area (Å²) in [7, 11) is 5.70. The van der Waals surface area contributed by atoms with E-state index in [1.54, 1.807) is 19.1 Å². The van der Waals surface area contributed by atoms with Crippen molar-refractivity contribution >= 4 is 5.97 Å². The number of aromatic amines is 2. The van der Waals surface area contributed by atoms with E-state index < -0.39 is 23.4 Å². The minimum Gasteiger partial charge on any atom is -0.496 e. The van der Waals surface area contributed by atoms with Crippen LogP contribution >= 0.6 is 0 Å². The molecule has 1 aliphatic carbocycles. The van der Waals surface area contributed by atoms with E-state index in [0.717, 1.165) is 0 Å². The SMILES string of the molecule is COC(=O)C1C(c2cc(OC)c(OC)cc2OC)c2c([nH][nH]c2=O)CC1(C)O. The summed E-state index contributed by atoms with van der Waals surface area (Å²) in [6, 6.07) is 3.27. The van der Waals surface area contributed by atoms with Crippen LogP contribution in [0.4, 0.5) is 0 Å². The van der Waals surface area contributed by atoms with Gasteiger partial charge in [0.1, 0.15) is 5.75 Å². The number of benzene rings is 1. The lowest BCUT2D eigenvalue weighted by Crippen LogP contribution is -2.50. The van der Waals surface area contributed by atoms with Crippen LogP contribution in [-0.2, 0) is 16.0 Å². The summed E-state index contributed by atoms with van der Waals surface area (Å²) in [4.78, 5) is 25.3. The average Bonchev–Trinajstić information content (AvgIpc) is 3.04. The molecule has 9 nitrogen and oxygen atoms in total. The molecule has 0 saturated heterocycles. The molecule has 28 heavy (non-hydrogen) atoms. The quantitative estimate of drug-likeness (QED) is 0.648. The molecule has 3 N–H and O–H groups in total. The van der Waals surface area contributed by atoms with E-state index in [4.69, 9.17) is 18.9 Å². The van der Waals surface area contributed by atoms with Crippen LogP contribution in [0.2, 0.25) is 0 Å². The molecule has 0 bridgehead atoms. The average molecular weight is 392 g/mol. The lowest BCUT2D eigenvalue weighted by molar-refractivity contribution is -0.156. The highest BCUT2D eigenvalue weighted by molar-refractivity contribution is 5.77. The molecule has 3 rings (SSSR count). The summed E-state index contributed by atoms with van der Waals surface area (Å²) < 4.78 is 21.2. The van der Waals surface area contributed by atoms with Crippen LogP contribution in [0.25, 0.3) is 0 Å². The topological polar surface area (TPSA) is 123 Å². The fourth-order valence-corrected chi connectivity index (χ4v) is 4.01. The number of hydrogen-bond acceptors (Lipinski definition) is 7. The van der Waals surface area contributed by atoms with Gasteiger partial charge >= 0.3 is 5.97 Å². The van der Waals surface area contributed by atoms with E-state index in [9.17, 15) is 14.7 Å². The van der Waals surface area contributed by atoms with Gasteiger partial charge in [-0.05, 0) is 13.0 Å². The minimum atomic E-state index is -1.46. The summed E-state index contributed by atoms with van der Waals surface area (Å²) in [5.41, 5.74) is -0.457. The second-order valence-corrected chi connectivity index (χ2v) is 6.93. The van der Waals surface area contributed by atoms with Gasteiger partial charge in [0.05, 0.1) is 40.0 Å². The smallest absolute Gasteiger partial charge is 0.312 e. The highest BCUT2D eigenvalue weighted by Gasteiger charge is 2.52. The van der Waals surface area contributed by atoms with Crippen LogP contribution in [-0.4, -0.2) is 55.3 Å². The summed E-state index contributed by atoms with van der Waals surface area (Å²) in [5, 5.41) is 16.4. The highest BCUT2D eigenvalue weighted by Crippen LogP contribution is 2.49. The van der Waals surface area contributed by atoms with Gasteiger partial charge < -0.3 is 29.2 Å². The van der Waals surface area contributed by atoms with E-state index in [1.807, 2.05) is 0 Å². The minimum absolute atomic E-state index is 0.0902. The number of aliphatic hydroxyl groups is 1. The number of esters is 1. The largest absolute Gasteiger partial charge is 0.496 e. The molecule has 1 heterocycles. The van der Waals surface area contributed by atoms with E-state index in [2.05, 4.69) is 10.2 Å². The Balaban J connectivity index is 2.34. The Morgan fingerprint density at radius 1 is 1.07 bits per heavy atom. The zero-order valence-corrected chi connectivity index (χ0v) is 16.4. The van der Waals surface area contributed by atoms with Crippen LogP contribution < -0.4 is 19.8 Å². The Morgan fingerprint density at radius 3 is 2.25 bits per heavy atom. The third-order valence-electron chi connectivity index (χ3n) is 5.27. The molecule has 1 aromatic carbocycles. The van der Waals surface area contributed by atoms with Crippen molar-refractivity contribution < 1.29 is 28.8 Å². The van der Waals surface area contributed by atoms with Crippen molar-refractivity contribution in [1.82, 2.24) is 10.2 Å². The maximum Gasteiger partial charge on any atom is 0.312 e. The summed E-state index contributed by atoms with van der Waals surface area (Å²) >= 11 is 0. The van der Waals surface area contributed by atoms with Crippen molar-refractivity contribution in [2.24, 2.45) is 5.92 Å². The van der Waals surface area contributed by atoms with Crippen molar-refractivity contribution in [3.8, 4) is 17.2 Å². The van der Waals surface area contributed by atoms with Crippen LogP contribution in [0.3, 0.4) is 0 Å². The first kappa shape index (κ1) is 19.8. The first-order valence-electron chi connectivity index (χ1n) is 8.68. The lowest BCUT2D eigenvalue weighted by Gasteiger charge is -2.40. The number of H-pyrrole nitrogens is 2. The van der Waals surface area contributed by atoms with Gasteiger partial charge in [-0.1, -0.05) is 0 Å². The number of hydrogen-bond donors (Lipinski definition) is 3. The Hall–Kier alpha value is -2.94. The summed E-state index contributed by atoms with van der Waals surface area (Å²) in [5.74, 6) is -1.26. The number of carbonyl (C=O) groups is 1. The number of nitrogens with one attached hydrogen (secondary N) is 2. The number of fused-ring (bicyclic) bond motifs is 1. The summed E-state index contributed by atoms with van der Waals surface area (Å²) in [6.45, 7) is 1.54. The Labute approximate surface area is 161 Å². The van der Waals surface area contributed by atoms with Gasteiger partial charge in [0.15, 0.2) is 11.5 Å². The highest BCUT2D eigenvalue weighted by atomic mass is 16.5.